The summed E-state index contributed by atoms with van der Waals surface area (Å²) in [6.45, 7) is 1.24. The number of hydrogen-bond donors (Lipinski definition) is 1. The lowest BCUT2D eigenvalue weighted by Crippen LogP contribution is -2.60. The Hall–Kier alpha value is -1.55. The Bertz CT molecular complexity index is 590. The highest BCUT2D eigenvalue weighted by Gasteiger charge is 2.51. The maximum absolute atomic E-state index is 12.7. The molecule has 5 rings (SSSR count). The fraction of sp³-hybridized carbons (Fsp3) is 0.667. The van der Waals surface area contributed by atoms with Crippen molar-refractivity contribution in [3.63, 3.8) is 0 Å². The second kappa shape index (κ2) is 6.64. The Labute approximate surface area is 150 Å². The molecule has 4 heteroatoms. The maximum atomic E-state index is 12.7. The Morgan fingerprint density at radius 2 is 1.68 bits per heavy atom. The van der Waals surface area contributed by atoms with Crippen molar-refractivity contribution < 1.29 is 9.53 Å². The Kier molecular flexibility index (Phi) is 4.48. The minimum atomic E-state index is 0.118. The van der Waals surface area contributed by atoms with Gasteiger partial charge in [-0.2, -0.15) is 0 Å². The quantitative estimate of drug-likeness (QED) is 0.863. The Morgan fingerprint density at radius 3 is 2.20 bits per heavy atom. The van der Waals surface area contributed by atoms with E-state index in [0.717, 1.165) is 30.0 Å². The van der Waals surface area contributed by atoms with E-state index in [1.54, 1.807) is 7.11 Å². The molecule has 0 radical (unpaired) electrons. The monoisotopic (exact) mass is 342 g/mol. The number of nitrogens with one attached hydrogen (secondary N) is 1. The van der Waals surface area contributed by atoms with E-state index in [1.807, 2.05) is 19.2 Å². The Morgan fingerprint density at radius 1 is 1.12 bits per heavy atom. The zero-order valence-corrected chi connectivity index (χ0v) is 15.5. The summed E-state index contributed by atoms with van der Waals surface area (Å²) >= 11 is 0. The van der Waals surface area contributed by atoms with Gasteiger partial charge in [0.1, 0.15) is 5.75 Å². The number of nitrogens with zero attached hydrogens (tertiary/aromatic N) is 1. The van der Waals surface area contributed by atoms with Crippen molar-refractivity contribution in [1.29, 1.82) is 0 Å². The number of benzene rings is 1. The van der Waals surface area contributed by atoms with Gasteiger partial charge in [0.05, 0.1) is 13.7 Å². The van der Waals surface area contributed by atoms with Crippen molar-refractivity contribution in [2.24, 2.45) is 17.8 Å². The Balaban J connectivity index is 1.31. The number of ether oxygens (including phenoxy) is 1. The molecule has 0 saturated heterocycles. The van der Waals surface area contributed by atoms with Crippen LogP contribution in [0.1, 0.15) is 44.1 Å². The smallest absolute Gasteiger partial charge is 0.234 e. The van der Waals surface area contributed by atoms with Crippen molar-refractivity contribution in [1.82, 2.24) is 10.2 Å². The van der Waals surface area contributed by atoms with Crippen LogP contribution in [0.3, 0.4) is 0 Å². The third kappa shape index (κ3) is 3.69. The van der Waals surface area contributed by atoms with Crippen LogP contribution in [0.15, 0.2) is 24.3 Å². The molecule has 0 spiro atoms. The highest BCUT2D eigenvalue weighted by atomic mass is 16.5. The van der Waals surface area contributed by atoms with Crippen molar-refractivity contribution in [2.45, 2.75) is 50.6 Å². The minimum Gasteiger partial charge on any atom is -0.497 e. The van der Waals surface area contributed by atoms with Crippen LogP contribution in [0, 0.1) is 17.8 Å². The average Bonchev–Trinajstić information content (AvgIpc) is 2.53. The van der Waals surface area contributed by atoms with E-state index in [-0.39, 0.29) is 11.4 Å². The molecule has 1 N–H and O–H groups in total. The zero-order valence-electron chi connectivity index (χ0n) is 15.5. The summed E-state index contributed by atoms with van der Waals surface area (Å²) in [7, 11) is 3.69. The number of carbonyl (C=O) groups excluding carboxylic acids is 1. The lowest BCUT2D eigenvalue weighted by Gasteiger charge is -2.57. The molecule has 136 valence electrons. The van der Waals surface area contributed by atoms with Gasteiger partial charge in [-0.05, 0) is 81.0 Å². The molecule has 4 aliphatic rings. The molecule has 4 fully saturated rings. The lowest BCUT2D eigenvalue weighted by atomic mass is 9.53. The van der Waals surface area contributed by atoms with Crippen molar-refractivity contribution >= 4 is 5.91 Å². The van der Waals surface area contributed by atoms with Gasteiger partial charge in [0.15, 0.2) is 0 Å². The van der Waals surface area contributed by atoms with E-state index < -0.39 is 0 Å². The van der Waals surface area contributed by atoms with Crippen LogP contribution < -0.4 is 10.1 Å². The van der Waals surface area contributed by atoms with Crippen molar-refractivity contribution in [3.8, 4) is 5.75 Å². The van der Waals surface area contributed by atoms with Crippen LogP contribution in [-0.2, 0) is 11.3 Å². The first-order valence-electron chi connectivity index (χ1n) is 9.66. The fourth-order valence-corrected chi connectivity index (χ4v) is 5.94. The highest BCUT2D eigenvalue weighted by molar-refractivity contribution is 5.79. The van der Waals surface area contributed by atoms with Gasteiger partial charge >= 0.3 is 0 Å². The van der Waals surface area contributed by atoms with Gasteiger partial charge in [-0.25, -0.2) is 0 Å². The van der Waals surface area contributed by atoms with Crippen LogP contribution in [0.4, 0.5) is 0 Å². The van der Waals surface area contributed by atoms with Gasteiger partial charge in [0, 0.05) is 12.1 Å². The van der Waals surface area contributed by atoms with Gasteiger partial charge in [-0.1, -0.05) is 12.1 Å². The van der Waals surface area contributed by atoms with Crippen molar-refractivity contribution in [2.75, 3.05) is 20.7 Å². The molecule has 0 heterocycles. The van der Waals surface area contributed by atoms with Gasteiger partial charge < -0.3 is 10.1 Å². The average molecular weight is 342 g/mol. The van der Waals surface area contributed by atoms with Gasteiger partial charge in [-0.15, -0.1) is 0 Å². The second-order valence-electron chi connectivity index (χ2n) is 8.77. The molecule has 4 nitrogen and oxygen atoms in total. The van der Waals surface area contributed by atoms with Crippen molar-refractivity contribution in [3.05, 3.63) is 29.8 Å². The summed E-state index contributed by atoms with van der Waals surface area (Å²) in [6, 6.07) is 8.07. The van der Waals surface area contributed by atoms with E-state index in [9.17, 15) is 4.79 Å². The molecule has 4 aliphatic carbocycles. The molecule has 1 aromatic carbocycles. The van der Waals surface area contributed by atoms with Crippen LogP contribution in [0.5, 0.6) is 5.75 Å². The number of hydrogen-bond acceptors (Lipinski definition) is 3. The van der Waals surface area contributed by atoms with Gasteiger partial charge in [0.25, 0.3) is 0 Å². The lowest BCUT2D eigenvalue weighted by molar-refractivity contribution is -0.127. The molecule has 0 aromatic heterocycles. The predicted octanol–water partition coefficient (Wildman–Crippen LogP) is 3.21. The molecule has 4 bridgehead atoms. The molecule has 0 unspecified atom stereocenters. The van der Waals surface area contributed by atoms with Crippen LogP contribution in [0.2, 0.25) is 0 Å². The first-order valence-corrected chi connectivity index (χ1v) is 9.66. The fourth-order valence-electron chi connectivity index (χ4n) is 5.94. The summed E-state index contributed by atoms with van der Waals surface area (Å²) in [5.41, 5.74) is 1.32. The van der Waals surface area contributed by atoms with Gasteiger partial charge in [0.2, 0.25) is 5.91 Å². The molecule has 25 heavy (non-hydrogen) atoms. The summed E-state index contributed by atoms with van der Waals surface area (Å²) in [5.74, 6) is 3.65. The topological polar surface area (TPSA) is 41.6 Å². The maximum Gasteiger partial charge on any atom is 0.234 e. The normalized spacial score (nSPS) is 32.8. The highest BCUT2D eigenvalue weighted by Crippen LogP contribution is 2.55. The molecule has 1 amide bonds. The SMILES string of the molecule is COc1ccc(CN(C)CC(=O)NC23CC4CC(CC(C4)C2)C3)cc1. The molecule has 0 aliphatic heterocycles. The van der Waals surface area contributed by atoms with Crippen LogP contribution >= 0.6 is 0 Å². The predicted molar refractivity (Wildman–Crippen MR) is 98.4 cm³/mol. The van der Waals surface area contributed by atoms with Gasteiger partial charge in [-0.3, -0.25) is 9.69 Å². The molecule has 1 aromatic rings. The number of rotatable bonds is 6. The van der Waals surface area contributed by atoms with Crippen LogP contribution in [-0.4, -0.2) is 37.0 Å². The molecular weight excluding hydrogens is 312 g/mol. The molecule has 4 saturated carbocycles. The van der Waals surface area contributed by atoms with E-state index in [2.05, 4.69) is 22.3 Å². The minimum absolute atomic E-state index is 0.118. The van der Waals surface area contributed by atoms with E-state index in [0.29, 0.717) is 6.54 Å². The zero-order chi connectivity index (χ0) is 17.4. The number of carbonyl (C=O) groups is 1. The third-order valence-corrected chi connectivity index (χ3v) is 6.47. The van der Waals surface area contributed by atoms with E-state index in [4.69, 9.17) is 4.74 Å². The summed E-state index contributed by atoms with van der Waals surface area (Å²) in [6.07, 6.45) is 7.87. The second-order valence-corrected chi connectivity index (χ2v) is 8.77. The van der Waals surface area contributed by atoms with E-state index in [1.165, 1.54) is 44.1 Å². The standard InChI is InChI=1S/C21H30N2O2/c1-23(13-15-3-5-19(25-2)6-4-15)14-20(24)22-21-10-16-7-17(11-21)9-18(8-16)12-21/h3-6,16-18H,7-14H2,1-2H3,(H,22,24). The van der Waals surface area contributed by atoms with Crippen LogP contribution in [0.25, 0.3) is 0 Å². The third-order valence-electron chi connectivity index (χ3n) is 6.47. The first kappa shape index (κ1) is 16.9. The summed E-state index contributed by atoms with van der Waals surface area (Å²) in [4.78, 5) is 14.8. The van der Waals surface area contributed by atoms with E-state index >= 15 is 0 Å². The molecule has 0 atom stereocenters. The summed E-state index contributed by atoms with van der Waals surface area (Å²) < 4.78 is 5.20. The largest absolute Gasteiger partial charge is 0.497 e. The number of likely N-dealkylation sites (N-methyl/N-ethyl adjacent to an activating group) is 1. The molecular formula is C21H30N2O2. The number of amides is 1. The first-order chi connectivity index (χ1) is 12.0. The number of methoxy groups -OCH3 is 1. The summed E-state index contributed by atoms with van der Waals surface area (Å²) in [5, 5.41) is 3.46.